The highest BCUT2D eigenvalue weighted by molar-refractivity contribution is 5.75. The van der Waals surface area contributed by atoms with Crippen molar-refractivity contribution in [2.24, 2.45) is 0 Å². The minimum absolute atomic E-state index is 0.0923. The highest BCUT2D eigenvalue weighted by Gasteiger charge is 2.29. The first-order chi connectivity index (χ1) is 12.4. The Morgan fingerprint density at radius 1 is 1.08 bits per heavy atom. The van der Waals surface area contributed by atoms with E-state index < -0.39 is 11.7 Å². The highest BCUT2D eigenvalue weighted by Crippen LogP contribution is 2.29. The standard InChI is InChI=1S/C20H22F3NO2/c1-15-5-2-3-6-18(15)26-14-4-7-19(25)24-13-12-16-8-10-17(11-9-16)20(21,22)23/h2-3,5-6,8-11H,4,7,12-14H2,1H3,(H,24,25). The summed E-state index contributed by atoms with van der Waals surface area (Å²) in [4.78, 5) is 11.8. The second-order valence-corrected chi connectivity index (χ2v) is 6.01. The zero-order valence-corrected chi connectivity index (χ0v) is 14.6. The molecule has 0 unspecified atom stereocenters. The fourth-order valence-corrected chi connectivity index (χ4v) is 2.43. The number of carbonyl (C=O) groups is 1. The van der Waals surface area contributed by atoms with Crippen molar-refractivity contribution < 1.29 is 22.7 Å². The highest BCUT2D eigenvalue weighted by atomic mass is 19.4. The quantitative estimate of drug-likeness (QED) is 0.698. The number of benzene rings is 2. The number of rotatable bonds is 8. The maximum absolute atomic E-state index is 12.5. The molecule has 1 amide bonds. The summed E-state index contributed by atoms with van der Waals surface area (Å²) in [6, 6.07) is 12.7. The van der Waals surface area contributed by atoms with E-state index in [9.17, 15) is 18.0 Å². The van der Waals surface area contributed by atoms with Crippen molar-refractivity contribution in [3.8, 4) is 5.75 Å². The number of hydrogen-bond donors (Lipinski definition) is 1. The molecule has 26 heavy (non-hydrogen) atoms. The Balaban J connectivity index is 1.62. The van der Waals surface area contributed by atoms with E-state index in [4.69, 9.17) is 4.74 Å². The molecule has 0 aliphatic carbocycles. The summed E-state index contributed by atoms with van der Waals surface area (Å²) in [6.45, 7) is 2.81. The first-order valence-corrected chi connectivity index (χ1v) is 8.47. The van der Waals surface area contributed by atoms with E-state index in [1.54, 1.807) is 0 Å². The van der Waals surface area contributed by atoms with Crippen molar-refractivity contribution in [3.05, 3.63) is 65.2 Å². The summed E-state index contributed by atoms with van der Waals surface area (Å²) in [5, 5.41) is 2.77. The lowest BCUT2D eigenvalue weighted by molar-refractivity contribution is -0.137. The SMILES string of the molecule is Cc1ccccc1OCCCC(=O)NCCc1ccc(C(F)(F)F)cc1. The number of hydrogen-bond acceptors (Lipinski definition) is 2. The molecule has 0 aromatic heterocycles. The molecule has 6 heteroatoms. The Labute approximate surface area is 151 Å². The van der Waals surface area contributed by atoms with E-state index in [-0.39, 0.29) is 5.91 Å². The molecule has 0 bridgehead atoms. The molecule has 3 nitrogen and oxygen atoms in total. The van der Waals surface area contributed by atoms with Crippen molar-refractivity contribution in [1.82, 2.24) is 5.32 Å². The third-order valence-electron chi connectivity index (χ3n) is 3.92. The van der Waals surface area contributed by atoms with Gasteiger partial charge in [0.1, 0.15) is 5.75 Å². The summed E-state index contributed by atoms with van der Waals surface area (Å²) in [6.07, 6.45) is -2.89. The van der Waals surface area contributed by atoms with Gasteiger partial charge in [0.25, 0.3) is 0 Å². The molecule has 2 rings (SSSR count). The second-order valence-electron chi connectivity index (χ2n) is 6.01. The lowest BCUT2D eigenvalue weighted by Gasteiger charge is -2.09. The second kappa shape index (κ2) is 9.27. The van der Waals surface area contributed by atoms with Gasteiger partial charge < -0.3 is 10.1 Å². The van der Waals surface area contributed by atoms with Gasteiger partial charge in [-0.3, -0.25) is 4.79 Å². The number of para-hydroxylation sites is 1. The van der Waals surface area contributed by atoms with Gasteiger partial charge in [0.15, 0.2) is 0 Å². The van der Waals surface area contributed by atoms with Crippen LogP contribution in [-0.2, 0) is 17.4 Å². The molecular formula is C20H22F3NO2. The zero-order chi connectivity index (χ0) is 19.0. The molecular weight excluding hydrogens is 343 g/mol. The minimum atomic E-state index is -4.33. The lowest BCUT2D eigenvalue weighted by Crippen LogP contribution is -2.25. The number of aryl methyl sites for hydroxylation is 1. The number of amides is 1. The Bertz CT molecular complexity index is 712. The van der Waals surface area contributed by atoms with Crippen molar-refractivity contribution >= 4 is 5.91 Å². The molecule has 0 aliphatic heterocycles. The van der Waals surface area contributed by atoms with Crippen LogP contribution < -0.4 is 10.1 Å². The minimum Gasteiger partial charge on any atom is -0.493 e. The van der Waals surface area contributed by atoms with Crippen LogP contribution in [0.25, 0.3) is 0 Å². The van der Waals surface area contributed by atoms with E-state index in [1.165, 1.54) is 12.1 Å². The predicted molar refractivity (Wildman–Crippen MR) is 94.1 cm³/mol. The van der Waals surface area contributed by atoms with Gasteiger partial charge in [0.05, 0.1) is 12.2 Å². The molecule has 0 spiro atoms. The average molecular weight is 365 g/mol. The molecule has 0 fully saturated rings. The first kappa shape index (κ1) is 19.8. The van der Waals surface area contributed by atoms with Crippen molar-refractivity contribution in [2.75, 3.05) is 13.2 Å². The van der Waals surface area contributed by atoms with E-state index in [2.05, 4.69) is 5.32 Å². The number of ether oxygens (including phenoxy) is 1. The molecule has 0 heterocycles. The van der Waals surface area contributed by atoms with E-state index in [0.29, 0.717) is 32.4 Å². The van der Waals surface area contributed by atoms with Gasteiger partial charge in [0.2, 0.25) is 5.91 Å². The predicted octanol–water partition coefficient (Wildman–Crippen LogP) is 4.53. The van der Waals surface area contributed by atoms with Crippen LogP contribution in [-0.4, -0.2) is 19.1 Å². The van der Waals surface area contributed by atoms with Crippen LogP contribution in [0.15, 0.2) is 48.5 Å². The normalized spacial score (nSPS) is 11.2. The fourth-order valence-electron chi connectivity index (χ4n) is 2.43. The van der Waals surface area contributed by atoms with Crippen LogP contribution in [0.3, 0.4) is 0 Å². The summed E-state index contributed by atoms with van der Waals surface area (Å²) >= 11 is 0. The molecule has 1 N–H and O–H groups in total. The molecule has 0 saturated carbocycles. The molecule has 0 atom stereocenters. The largest absolute Gasteiger partial charge is 0.493 e. The number of alkyl halides is 3. The Kier molecular flexibility index (Phi) is 7.06. The molecule has 140 valence electrons. The van der Waals surface area contributed by atoms with Gasteiger partial charge in [-0.2, -0.15) is 13.2 Å². The van der Waals surface area contributed by atoms with Crippen LogP contribution in [0.2, 0.25) is 0 Å². The Morgan fingerprint density at radius 3 is 2.42 bits per heavy atom. The van der Waals surface area contributed by atoms with Gasteiger partial charge in [-0.1, -0.05) is 30.3 Å². The van der Waals surface area contributed by atoms with E-state index in [1.807, 2.05) is 31.2 Å². The molecule has 0 radical (unpaired) electrons. The van der Waals surface area contributed by atoms with Gasteiger partial charge in [-0.15, -0.1) is 0 Å². The van der Waals surface area contributed by atoms with Gasteiger partial charge in [-0.25, -0.2) is 0 Å². The van der Waals surface area contributed by atoms with E-state index in [0.717, 1.165) is 29.0 Å². The van der Waals surface area contributed by atoms with Gasteiger partial charge >= 0.3 is 6.18 Å². The Morgan fingerprint density at radius 2 is 1.77 bits per heavy atom. The molecule has 2 aromatic rings. The zero-order valence-electron chi connectivity index (χ0n) is 14.6. The third-order valence-corrected chi connectivity index (χ3v) is 3.92. The van der Waals surface area contributed by atoms with Crippen LogP contribution in [0.4, 0.5) is 13.2 Å². The van der Waals surface area contributed by atoms with Crippen molar-refractivity contribution in [2.45, 2.75) is 32.4 Å². The van der Waals surface area contributed by atoms with Crippen LogP contribution in [0, 0.1) is 6.92 Å². The maximum atomic E-state index is 12.5. The monoisotopic (exact) mass is 365 g/mol. The van der Waals surface area contributed by atoms with Crippen molar-refractivity contribution in [1.29, 1.82) is 0 Å². The summed E-state index contributed by atoms with van der Waals surface area (Å²) in [5.41, 5.74) is 1.13. The number of nitrogens with one attached hydrogen (secondary N) is 1. The number of halogens is 3. The van der Waals surface area contributed by atoms with Crippen molar-refractivity contribution in [3.63, 3.8) is 0 Å². The molecule has 0 saturated heterocycles. The van der Waals surface area contributed by atoms with Crippen LogP contribution in [0.5, 0.6) is 5.75 Å². The maximum Gasteiger partial charge on any atom is 0.416 e. The smallest absolute Gasteiger partial charge is 0.416 e. The number of carbonyl (C=O) groups excluding carboxylic acids is 1. The third kappa shape index (κ3) is 6.43. The first-order valence-electron chi connectivity index (χ1n) is 8.47. The summed E-state index contributed by atoms with van der Waals surface area (Å²) < 4.78 is 43.1. The Hall–Kier alpha value is -2.50. The van der Waals surface area contributed by atoms with E-state index >= 15 is 0 Å². The molecule has 2 aromatic carbocycles. The lowest BCUT2D eigenvalue weighted by atomic mass is 10.1. The van der Waals surface area contributed by atoms with Gasteiger partial charge in [-0.05, 0) is 49.1 Å². The fraction of sp³-hybridized carbons (Fsp3) is 0.350. The van der Waals surface area contributed by atoms with Gasteiger partial charge in [0, 0.05) is 13.0 Å². The van der Waals surface area contributed by atoms with Crippen LogP contribution >= 0.6 is 0 Å². The summed E-state index contributed by atoms with van der Waals surface area (Å²) in [7, 11) is 0. The van der Waals surface area contributed by atoms with Crippen LogP contribution in [0.1, 0.15) is 29.5 Å². The molecule has 0 aliphatic rings. The topological polar surface area (TPSA) is 38.3 Å². The average Bonchev–Trinajstić information content (AvgIpc) is 2.60. The summed E-state index contributed by atoms with van der Waals surface area (Å²) in [5.74, 6) is 0.723.